The molecule has 0 radical (unpaired) electrons. The average molecular weight is 275 g/mol. The van der Waals surface area contributed by atoms with Gasteiger partial charge in [0.1, 0.15) is 15.6 Å². The number of hydrogen-bond acceptors (Lipinski definition) is 5. The number of rotatable bonds is 3. The Labute approximate surface area is 93.1 Å². The number of hydrogen-bond donors (Lipinski definition) is 0. The van der Waals surface area contributed by atoms with E-state index in [0.29, 0.717) is 0 Å². The predicted octanol–water partition coefficient (Wildman–Crippen LogP) is -0.0511. The van der Waals surface area contributed by atoms with Gasteiger partial charge < -0.3 is 0 Å². The summed E-state index contributed by atoms with van der Waals surface area (Å²) in [4.78, 5) is 11.4. The minimum absolute atomic E-state index is 0.0499. The van der Waals surface area contributed by atoms with Crippen molar-refractivity contribution in [2.45, 2.75) is 12.8 Å². The molecule has 0 aromatic heterocycles. The molecule has 0 spiro atoms. The number of carbonyl (C=O) groups is 1. The first-order chi connectivity index (χ1) is 6.70. The van der Waals surface area contributed by atoms with Crippen LogP contribution in [0.2, 0.25) is 0 Å². The van der Waals surface area contributed by atoms with Crippen LogP contribution in [0.5, 0.6) is 0 Å². The Bertz CT molecular complexity index is 436. The highest BCUT2D eigenvalue weighted by Gasteiger charge is 2.30. The maximum atomic E-state index is 11.4. The molecule has 1 heterocycles. The van der Waals surface area contributed by atoms with E-state index in [-0.39, 0.29) is 24.3 Å². The normalized spacial score (nSPS) is 22.5. The molecule has 0 aromatic carbocycles. The quantitative estimate of drug-likeness (QED) is 0.674. The standard InChI is InChI=1S/C7H11ClO5S2/c8-15(12,13)5-7(9)6-1-3-14(10,11)4-2-6/h6H,1-5H2. The summed E-state index contributed by atoms with van der Waals surface area (Å²) < 4.78 is 43.4. The van der Waals surface area contributed by atoms with Gasteiger partial charge in [0.25, 0.3) is 0 Å². The number of halogens is 1. The fraction of sp³-hybridized carbons (Fsp3) is 0.857. The minimum Gasteiger partial charge on any atom is -0.298 e. The summed E-state index contributed by atoms with van der Waals surface area (Å²) in [5.74, 6) is -1.78. The summed E-state index contributed by atoms with van der Waals surface area (Å²) in [7, 11) is -1.92. The van der Waals surface area contributed by atoms with Crippen LogP contribution >= 0.6 is 10.7 Å². The number of ketones is 1. The molecule has 0 saturated carbocycles. The Morgan fingerprint density at radius 2 is 1.73 bits per heavy atom. The summed E-state index contributed by atoms with van der Waals surface area (Å²) in [6.07, 6.45) is 0.404. The van der Waals surface area contributed by atoms with Crippen LogP contribution in [0.3, 0.4) is 0 Å². The van der Waals surface area contributed by atoms with Gasteiger partial charge >= 0.3 is 0 Å². The molecule has 0 amide bonds. The van der Waals surface area contributed by atoms with E-state index in [0.717, 1.165) is 0 Å². The highest BCUT2D eigenvalue weighted by atomic mass is 35.7. The van der Waals surface area contributed by atoms with Crippen LogP contribution in [-0.4, -0.2) is 39.9 Å². The van der Waals surface area contributed by atoms with Crippen LogP contribution in [0.15, 0.2) is 0 Å². The molecule has 8 heteroatoms. The van der Waals surface area contributed by atoms with Crippen LogP contribution in [0.1, 0.15) is 12.8 Å². The molecule has 88 valence electrons. The lowest BCUT2D eigenvalue weighted by Crippen LogP contribution is -2.30. The lowest BCUT2D eigenvalue weighted by molar-refractivity contribution is -0.120. The second-order valence-corrected chi connectivity index (χ2v) is 8.66. The van der Waals surface area contributed by atoms with Gasteiger partial charge in [-0.15, -0.1) is 0 Å². The fourth-order valence-electron chi connectivity index (χ4n) is 1.50. The van der Waals surface area contributed by atoms with Crippen LogP contribution in [0.25, 0.3) is 0 Å². The van der Waals surface area contributed by atoms with E-state index < -0.39 is 36.3 Å². The summed E-state index contributed by atoms with van der Waals surface area (Å²) in [5, 5.41) is 0. The van der Waals surface area contributed by atoms with E-state index in [1.165, 1.54) is 0 Å². The number of carbonyl (C=O) groups excluding carboxylic acids is 1. The molecule has 1 rings (SSSR count). The van der Waals surface area contributed by atoms with E-state index >= 15 is 0 Å². The van der Waals surface area contributed by atoms with Crippen LogP contribution in [0.4, 0.5) is 0 Å². The molecule has 0 unspecified atom stereocenters. The fourth-order valence-corrected chi connectivity index (χ4v) is 3.89. The third kappa shape index (κ3) is 4.48. The second kappa shape index (κ2) is 4.39. The maximum Gasteiger partial charge on any atom is 0.239 e. The van der Waals surface area contributed by atoms with Gasteiger partial charge in [0, 0.05) is 16.6 Å². The Balaban J connectivity index is 2.58. The van der Waals surface area contributed by atoms with Crippen LogP contribution < -0.4 is 0 Å². The molecule has 1 aliphatic rings. The molecule has 15 heavy (non-hydrogen) atoms. The second-order valence-electron chi connectivity index (χ2n) is 3.58. The molecule has 0 N–H and O–H groups in total. The van der Waals surface area contributed by atoms with E-state index in [4.69, 9.17) is 10.7 Å². The molecular formula is C7H11ClO5S2. The van der Waals surface area contributed by atoms with Crippen molar-refractivity contribution < 1.29 is 21.6 Å². The largest absolute Gasteiger partial charge is 0.298 e. The van der Waals surface area contributed by atoms with E-state index in [1.807, 2.05) is 0 Å². The highest BCUT2D eigenvalue weighted by Crippen LogP contribution is 2.20. The Hall–Kier alpha value is -0.140. The van der Waals surface area contributed by atoms with Crippen LogP contribution in [0, 0.1) is 5.92 Å². The maximum absolute atomic E-state index is 11.4. The Morgan fingerprint density at radius 1 is 1.27 bits per heavy atom. The van der Waals surface area contributed by atoms with Crippen molar-refractivity contribution in [2.24, 2.45) is 5.92 Å². The van der Waals surface area contributed by atoms with Gasteiger partial charge in [-0.1, -0.05) is 0 Å². The average Bonchev–Trinajstić information content (AvgIpc) is 2.00. The van der Waals surface area contributed by atoms with Crippen molar-refractivity contribution in [1.82, 2.24) is 0 Å². The summed E-state index contributed by atoms with van der Waals surface area (Å²) in [5.41, 5.74) is 0. The molecule has 5 nitrogen and oxygen atoms in total. The molecular weight excluding hydrogens is 264 g/mol. The van der Waals surface area contributed by atoms with Crippen molar-refractivity contribution in [2.75, 3.05) is 17.3 Å². The zero-order chi connectivity index (χ0) is 11.7. The summed E-state index contributed by atoms with van der Waals surface area (Å²) >= 11 is 0. The molecule has 1 fully saturated rings. The number of sulfone groups is 1. The lowest BCUT2D eigenvalue weighted by atomic mass is 9.99. The minimum atomic E-state index is -3.83. The lowest BCUT2D eigenvalue weighted by Gasteiger charge is -2.19. The van der Waals surface area contributed by atoms with Gasteiger partial charge in [-0.25, -0.2) is 16.8 Å². The van der Waals surface area contributed by atoms with Crippen molar-refractivity contribution in [3.05, 3.63) is 0 Å². The SMILES string of the molecule is O=C(CS(=O)(=O)Cl)C1CCS(=O)(=O)CC1. The summed E-state index contributed by atoms with van der Waals surface area (Å²) in [6.45, 7) is 0. The smallest absolute Gasteiger partial charge is 0.239 e. The third-order valence-electron chi connectivity index (χ3n) is 2.32. The predicted molar refractivity (Wildman–Crippen MR) is 56.0 cm³/mol. The number of Topliss-reactive ketones (excluding diaryl/α,β-unsaturated/α-hetero) is 1. The first-order valence-electron chi connectivity index (χ1n) is 4.35. The van der Waals surface area contributed by atoms with Crippen molar-refractivity contribution in [3.63, 3.8) is 0 Å². The van der Waals surface area contributed by atoms with Gasteiger partial charge in [0.05, 0.1) is 11.5 Å². The topological polar surface area (TPSA) is 85.3 Å². The highest BCUT2D eigenvalue weighted by molar-refractivity contribution is 8.14. The van der Waals surface area contributed by atoms with Crippen molar-refractivity contribution in [1.29, 1.82) is 0 Å². The molecule has 0 aliphatic carbocycles. The molecule has 1 aliphatic heterocycles. The molecule has 0 bridgehead atoms. The first-order valence-corrected chi connectivity index (χ1v) is 8.65. The van der Waals surface area contributed by atoms with E-state index in [9.17, 15) is 21.6 Å². The Kier molecular flexibility index (Phi) is 3.78. The monoisotopic (exact) mass is 274 g/mol. The van der Waals surface area contributed by atoms with Gasteiger partial charge in [-0.2, -0.15) is 0 Å². The third-order valence-corrected chi connectivity index (χ3v) is 5.00. The van der Waals surface area contributed by atoms with Gasteiger partial charge in [0.2, 0.25) is 9.05 Å². The zero-order valence-electron chi connectivity index (χ0n) is 7.85. The van der Waals surface area contributed by atoms with E-state index in [2.05, 4.69) is 0 Å². The van der Waals surface area contributed by atoms with Crippen molar-refractivity contribution in [3.8, 4) is 0 Å². The molecule has 0 atom stereocenters. The molecule has 1 saturated heterocycles. The first kappa shape index (κ1) is 12.9. The van der Waals surface area contributed by atoms with Gasteiger partial charge in [-0.05, 0) is 12.8 Å². The Morgan fingerprint density at radius 3 is 2.13 bits per heavy atom. The molecule has 0 aromatic rings. The zero-order valence-corrected chi connectivity index (χ0v) is 10.2. The van der Waals surface area contributed by atoms with Crippen molar-refractivity contribution >= 4 is 35.4 Å². The van der Waals surface area contributed by atoms with Crippen LogP contribution in [-0.2, 0) is 23.7 Å². The summed E-state index contributed by atoms with van der Waals surface area (Å²) in [6, 6.07) is 0. The van der Waals surface area contributed by atoms with Gasteiger partial charge in [-0.3, -0.25) is 4.79 Å². The van der Waals surface area contributed by atoms with E-state index in [1.54, 1.807) is 0 Å². The van der Waals surface area contributed by atoms with Gasteiger partial charge in [0.15, 0.2) is 5.78 Å².